The second kappa shape index (κ2) is 8.75. The number of rotatable bonds is 8. The molecule has 3 rings (SSSR count). The first-order valence-corrected chi connectivity index (χ1v) is 8.46. The van der Waals surface area contributed by atoms with E-state index in [1.54, 1.807) is 22.9 Å². The van der Waals surface area contributed by atoms with Gasteiger partial charge in [0.1, 0.15) is 17.9 Å². The molecule has 0 atom stereocenters. The highest BCUT2D eigenvalue weighted by molar-refractivity contribution is 5.92. The van der Waals surface area contributed by atoms with Crippen LogP contribution in [-0.2, 0) is 24.5 Å². The monoisotopic (exact) mass is 352 g/mol. The van der Waals surface area contributed by atoms with Crippen LogP contribution in [0.1, 0.15) is 35.1 Å². The second-order valence-electron chi connectivity index (χ2n) is 5.66. The molecule has 2 aromatic carbocycles. The fraction of sp³-hybridized carbons (Fsp3) is 0.263. The minimum Gasteiger partial charge on any atom is -0.488 e. The van der Waals surface area contributed by atoms with Gasteiger partial charge < -0.3 is 9.47 Å². The Morgan fingerprint density at radius 1 is 1.04 bits per heavy atom. The molecule has 0 radical (unpaired) electrons. The number of carbonyl (C=O) groups is 1. The summed E-state index contributed by atoms with van der Waals surface area (Å²) in [5, 5.41) is 11.4. The molecule has 0 aliphatic heterocycles. The van der Waals surface area contributed by atoms with Crippen LogP contribution in [0.3, 0.4) is 0 Å². The second-order valence-corrected chi connectivity index (χ2v) is 5.66. The Hall–Kier alpha value is -3.22. The first-order valence-electron chi connectivity index (χ1n) is 8.46. The Morgan fingerprint density at radius 2 is 1.81 bits per heavy atom. The number of tetrazole rings is 1. The van der Waals surface area contributed by atoms with Crippen LogP contribution in [0.15, 0.2) is 54.6 Å². The van der Waals surface area contributed by atoms with Crippen molar-refractivity contribution in [2.24, 2.45) is 0 Å². The van der Waals surface area contributed by atoms with Crippen LogP contribution in [0, 0.1) is 0 Å². The number of esters is 1. The molecule has 0 bridgehead atoms. The van der Waals surface area contributed by atoms with Crippen LogP contribution in [0.4, 0.5) is 0 Å². The summed E-state index contributed by atoms with van der Waals surface area (Å²) in [5.74, 6) is 0.525. The summed E-state index contributed by atoms with van der Waals surface area (Å²) in [4.78, 5) is 12.5. The van der Waals surface area contributed by atoms with Crippen molar-refractivity contribution in [2.45, 2.75) is 33.1 Å². The summed E-state index contributed by atoms with van der Waals surface area (Å²) < 4.78 is 12.8. The van der Waals surface area contributed by atoms with E-state index in [2.05, 4.69) is 15.5 Å². The molecule has 3 aromatic rings. The Bertz CT molecular complexity index is 849. The van der Waals surface area contributed by atoms with E-state index in [0.29, 0.717) is 30.3 Å². The molecule has 0 amide bonds. The van der Waals surface area contributed by atoms with Crippen molar-refractivity contribution >= 4 is 5.97 Å². The summed E-state index contributed by atoms with van der Waals surface area (Å²) >= 11 is 0. The number of benzene rings is 2. The van der Waals surface area contributed by atoms with Crippen LogP contribution >= 0.6 is 0 Å². The summed E-state index contributed by atoms with van der Waals surface area (Å²) in [6.07, 6.45) is 0.891. The number of hydrogen-bond donors (Lipinski definition) is 0. The molecule has 0 saturated carbocycles. The van der Waals surface area contributed by atoms with Gasteiger partial charge in [-0.1, -0.05) is 49.4 Å². The van der Waals surface area contributed by atoms with Gasteiger partial charge in [0.15, 0.2) is 12.4 Å². The number of hydrogen-bond acceptors (Lipinski definition) is 6. The number of aromatic nitrogens is 4. The zero-order valence-electron chi connectivity index (χ0n) is 14.5. The zero-order valence-corrected chi connectivity index (χ0v) is 14.5. The molecule has 26 heavy (non-hydrogen) atoms. The van der Waals surface area contributed by atoms with Gasteiger partial charge in [0, 0.05) is 6.54 Å². The highest BCUT2D eigenvalue weighted by Crippen LogP contribution is 2.20. The lowest BCUT2D eigenvalue weighted by Crippen LogP contribution is -2.12. The van der Waals surface area contributed by atoms with E-state index in [1.807, 2.05) is 43.3 Å². The molecular weight excluding hydrogens is 332 g/mol. The lowest BCUT2D eigenvalue weighted by Gasteiger charge is -2.11. The molecule has 0 fully saturated rings. The van der Waals surface area contributed by atoms with Crippen molar-refractivity contribution in [1.82, 2.24) is 20.2 Å². The standard InChI is InChI=1S/C19H20N4O3/c1-2-12-23-18(20-21-22-23)14-26-19(24)16-10-6-7-11-17(16)25-13-15-8-4-3-5-9-15/h3-11H,2,12-14H2,1H3. The highest BCUT2D eigenvalue weighted by atomic mass is 16.5. The van der Waals surface area contributed by atoms with E-state index in [1.165, 1.54) is 0 Å². The van der Waals surface area contributed by atoms with E-state index in [-0.39, 0.29) is 6.61 Å². The Labute approximate surface area is 151 Å². The van der Waals surface area contributed by atoms with Gasteiger partial charge in [0.05, 0.1) is 0 Å². The fourth-order valence-corrected chi connectivity index (χ4v) is 2.42. The smallest absolute Gasteiger partial charge is 0.342 e. The maximum absolute atomic E-state index is 12.5. The summed E-state index contributed by atoms with van der Waals surface area (Å²) in [6, 6.07) is 16.8. The topological polar surface area (TPSA) is 79.1 Å². The molecule has 0 aliphatic rings. The van der Waals surface area contributed by atoms with Gasteiger partial charge in [-0.05, 0) is 34.5 Å². The van der Waals surface area contributed by atoms with Crippen molar-refractivity contribution in [2.75, 3.05) is 0 Å². The van der Waals surface area contributed by atoms with Gasteiger partial charge in [-0.25, -0.2) is 9.48 Å². The van der Waals surface area contributed by atoms with Crippen LogP contribution < -0.4 is 4.74 Å². The minimum atomic E-state index is -0.472. The summed E-state index contributed by atoms with van der Waals surface area (Å²) in [6.45, 7) is 3.09. The van der Waals surface area contributed by atoms with Crippen LogP contribution in [0.2, 0.25) is 0 Å². The molecule has 0 aliphatic carbocycles. The average Bonchev–Trinajstić information content (AvgIpc) is 3.13. The quantitative estimate of drug-likeness (QED) is 0.580. The Balaban J connectivity index is 1.64. The molecule has 0 saturated heterocycles. The molecule has 1 heterocycles. The molecule has 134 valence electrons. The number of carbonyl (C=O) groups excluding carboxylic acids is 1. The molecule has 0 unspecified atom stereocenters. The molecule has 1 aromatic heterocycles. The van der Waals surface area contributed by atoms with E-state index in [4.69, 9.17) is 9.47 Å². The lowest BCUT2D eigenvalue weighted by molar-refractivity contribution is 0.0451. The number of ether oxygens (including phenoxy) is 2. The predicted octanol–water partition coefficient (Wildman–Crippen LogP) is 3.02. The number of nitrogens with zero attached hydrogens (tertiary/aromatic N) is 4. The van der Waals surface area contributed by atoms with Crippen molar-refractivity contribution in [3.05, 3.63) is 71.5 Å². The Morgan fingerprint density at radius 3 is 2.62 bits per heavy atom. The fourth-order valence-electron chi connectivity index (χ4n) is 2.42. The maximum atomic E-state index is 12.5. The van der Waals surface area contributed by atoms with Crippen molar-refractivity contribution in [3.63, 3.8) is 0 Å². The predicted molar refractivity (Wildman–Crippen MR) is 94.4 cm³/mol. The molecule has 0 N–H and O–H groups in total. The van der Waals surface area contributed by atoms with Gasteiger partial charge in [-0.3, -0.25) is 0 Å². The Kier molecular flexibility index (Phi) is 5.92. The largest absolute Gasteiger partial charge is 0.488 e. The van der Waals surface area contributed by atoms with Crippen LogP contribution in [0.5, 0.6) is 5.75 Å². The van der Waals surface area contributed by atoms with Crippen LogP contribution in [-0.4, -0.2) is 26.2 Å². The lowest BCUT2D eigenvalue weighted by atomic mass is 10.2. The summed E-state index contributed by atoms with van der Waals surface area (Å²) in [7, 11) is 0. The number of aryl methyl sites for hydroxylation is 1. The van der Waals surface area contributed by atoms with Gasteiger partial charge in [-0.15, -0.1) is 5.10 Å². The molecular formula is C19H20N4O3. The first kappa shape index (κ1) is 17.6. The van der Waals surface area contributed by atoms with E-state index in [9.17, 15) is 4.79 Å². The van der Waals surface area contributed by atoms with Crippen LogP contribution in [0.25, 0.3) is 0 Å². The van der Waals surface area contributed by atoms with E-state index >= 15 is 0 Å². The van der Waals surface area contributed by atoms with Gasteiger partial charge >= 0.3 is 5.97 Å². The third-order valence-electron chi connectivity index (χ3n) is 3.72. The van der Waals surface area contributed by atoms with Crippen molar-refractivity contribution in [1.29, 1.82) is 0 Å². The highest BCUT2D eigenvalue weighted by Gasteiger charge is 2.15. The normalized spacial score (nSPS) is 10.5. The third-order valence-corrected chi connectivity index (χ3v) is 3.72. The molecule has 7 nitrogen and oxygen atoms in total. The minimum absolute atomic E-state index is 0.0128. The molecule has 0 spiro atoms. The maximum Gasteiger partial charge on any atom is 0.342 e. The van der Waals surface area contributed by atoms with Crippen molar-refractivity contribution in [3.8, 4) is 5.75 Å². The average molecular weight is 352 g/mol. The van der Waals surface area contributed by atoms with Gasteiger partial charge in [0.25, 0.3) is 0 Å². The first-order chi connectivity index (χ1) is 12.8. The van der Waals surface area contributed by atoms with Crippen molar-refractivity contribution < 1.29 is 14.3 Å². The van der Waals surface area contributed by atoms with E-state index in [0.717, 1.165) is 12.0 Å². The van der Waals surface area contributed by atoms with E-state index < -0.39 is 5.97 Å². The van der Waals surface area contributed by atoms with Gasteiger partial charge in [-0.2, -0.15) is 0 Å². The van der Waals surface area contributed by atoms with Gasteiger partial charge in [0.2, 0.25) is 0 Å². The zero-order chi connectivity index (χ0) is 18.2. The third kappa shape index (κ3) is 4.44. The molecule has 7 heteroatoms. The SMILES string of the molecule is CCCn1nnnc1COC(=O)c1ccccc1OCc1ccccc1. The summed E-state index contributed by atoms with van der Waals surface area (Å²) in [5.41, 5.74) is 1.40. The number of para-hydroxylation sites is 1.